The minimum atomic E-state index is -3.90. The Bertz CT molecular complexity index is 666. The maximum Gasteiger partial charge on any atom is 0.306 e. The van der Waals surface area contributed by atoms with Gasteiger partial charge in [-0.05, 0) is 24.3 Å². The third kappa shape index (κ3) is 5.52. The van der Waals surface area contributed by atoms with Crippen molar-refractivity contribution in [3.8, 4) is 0 Å². The van der Waals surface area contributed by atoms with Crippen LogP contribution in [0.4, 0.5) is 5.69 Å². The fraction of sp³-hybridized carbons (Fsp3) is 0.308. The molecule has 0 unspecified atom stereocenters. The molecule has 0 heterocycles. The van der Waals surface area contributed by atoms with E-state index in [1.165, 1.54) is 31.4 Å². The average molecular weight is 328 g/mol. The summed E-state index contributed by atoms with van der Waals surface area (Å²) >= 11 is 0. The van der Waals surface area contributed by atoms with Crippen molar-refractivity contribution in [3.63, 3.8) is 0 Å². The molecule has 9 heteroatoms. The number of hydrogen-bond acceptors (Lipinski definition) is 6. The molecule has 0 aliphatic rings. The second kappa shape index (κ2) is 7.55. The van der Waals surface area contributed by atoms with E-state index in [1.807, 2.05) is 4.72 Å². The van der Waals surface area contributed by atoms with Crippen LogP contribution < -0.4 is 10.0 Å². The Hall–Kier alpha value is -2.42. The van der Waals surface area contributed by atoms with Gasteiger partial charge in [0.05, 0.1) is 18.4 Å². The monoisotopic (exact) mass is 328 g/mol. The molecule has 1 aromatic rings. The lowest BCUT2D eigenvalue weighted by Gasteiger charge is -2.07. The van der Waals surface area contributed by atoms with Gasteiger partial charge in [-0.25, -0.2) is 13.1 Å². The topological polar surface area (TPSA) is 119 Å². The Morgan fingerprint density at radius 1 is 1.09 bits per heavy atom. The molecule has 0 fully saturated rings. The molecular formula is C13H16N2O6S. The van der Waals surface area contributed by atoms with Gasteiger partial charge in [0, 0.05) is 19.0 Å². The van der Waals surface area contributed by atoms with Crippen molar-refractivity contribution in [1.29, 1.82) is 0 Å². The molecule has 0 aromatic heterocycles. The molecule has 0 radical (unpaired) electrons. The van der Waals surface area contributed by atoms with Gasteiger partial charge in [-0.15, -0.1) is 0 Å². The predicted molar refractivity (Wildman–Crippen MR) is 77.3 cm³/mol. The number of hydrogen-bond donors (Lipinski definition) is 2. The van der Waals surface area contributed by atoms with E-state index in [2.05, 4.69) is 10.1 Å². The van der Waals surface area contributed by atoms with Gasteiger partial charge in [0.25, 0.3) is 10.0 Å². The van der Waals surface area contributed by atoms with E-state index in [1.54, 1.807) is 0 Å². The predicted octanol–water partition coefficient (Wildman–Crippen LogP) is 0.403. The standard InChI is InChI=1S/C13H16N2O6S/c1-9(16)15-22(19,20)11-5-3-10(4-6-11)14-12(17)7-8-13(18)21-2/h3-6H,7-8H2,1-2H3,(H,14,17)(H,15,16). The molecule has 2 amide bonds. The Kier molecular flexibility index (Phi) is 6.05. The summed E-state index contributed by atoms with van der Waals surface area (Å²) in [5.41, 5.74) is 0.372. The number of rotatable bonds is 6. The number of benzene rings is 1. The van der Waals surface area contributed by atoms with Crippen LogP contribution in [0.1, 0.15) is 19.8 Å². The second-order valence-electron chi connectivity index (χ2n) is 4.31. The number of amides is 2. The highest BCUT2D eigenvalue weighted by atomic mass is 32.2. The van der Waals surface area contributed by atoms with Gasteiger partial charge in [-0.1, -0.05) is 0 Å². The SMILES string of the molecule is COC(=O)CCC(=O)Nc1ccc(S(=O)(=O)NC(C)=O)cc1. The lowest BCUT2D eigenvalue weighted by atomic mass is 10.2. The highest BCUT2D eigenvalue weighted by Gasteiger charge is 2.15. The van der Waals surface area contributed by atoms with E-state index in [9.17, 15) is 22.8 Å². The molecule has 0 aliphatic heterocycles. The molecule has 2 N–H and O–H groups in total. The first-order valence-electron chi connectivity index (χ1n) is 6.24. The van der Waals surface area contributed by atoms with Crippen molar-refractivity contribution in [2.75, 3.05) is 12.4 Å². The Morgan fingerprint density at radius 2 is 1.68 bits per heavy atom. The lowest BCUT2D eigenvalue weighted by Crippen LogP contribution is -2.28. The van der Waals surface area contributed by atoms with E-state index in [0.29, 0.717) is 5.69 Å². The van der Waals surface area contributed by atoms with E-state index >= 15 is 0 Å². The second-order valence-corrected chi connectivity index (χ2v) is 5.99. The minimum Gasteiger partial charge on any atom is -0.469 e. The number of anilines is 1. The first-order valence-corrected chi connectivity index (χ1v) is 7.73. The number of methoxy groups -OCH3 is 1. The molecule has 0 bridgehead atoms. The van der Waals surface area contributed by atoms with Crippen LogP contribution in [0.15, 0.2) is 29.2 Å². The normalized spacial score (nSPS) is 10.6. The molecule has 0 saturated heterocycles. The van der Waals surface area contributed by atoms with Gasteiger partial charge in [0.15, 0.2) is 0 Å². The first-order chi connectivity index (χ1) is 10.2. The van der Waals surface area contributed by atoms with Crippen LogP contribution in [0.25, 0.3) is 0 Å². The quantitative estimate of drug-likeness (QED) is 0.730. The summed E-state index contributed by atoms with van der Waals surface area (Å²) < 4.78 is 29.7. The fourth-order valence-electron chi connectivity index (χ4n) is 1.51. The number of esters is 1. The van der Waals surface area contributed by atoms with E-state index in [4.69, 9.17) is 0 Å². The smallest absolute Gasteiger partial charge is 0.306 e. The summed E-state index contributed by atoms with van der Waals surface area (Å²) in [6.07, 6.45) is -0.0874. The number of sulfonamides is 1. The summed E-state index contributed by atoms with van der Waals surface area (Å²) in [6.45, 7) is 1.09. The zero-order chi connectivity index (χ0) is 16.8. The molecule has 0 aliphatic carbocycles. The van der Waals surface area contributed by atoms with E-state index in [0.717, 1.165) is 6.92 Å². The minimum absolute atomic E-state index is 0.0430. The van der Waals surface area contributed by atoms with Crippen molar-refractivity contribution >= 4 is 33.5 Å². The van der Waals surface area contributed by atoms with Crippen molar-refractivity contribution in [3.05, 3.63) is 24.3 Å². The fourth-order valence-corrected chi connectivity index (χ4v) is 2.50. The number of nitrogens with one attached hydrogen (secondary N) is 2. The number of ether oxygens (including phenoxy) is 1. The molecule has 1 aromatic carbocycles. The zero-order valence-electron chi connectivity index (χ0n) is 12.1. The van der Waals surface area contributed by atoms with Crippen LogP contribution in [-0.4, -0.2) is 33.3 Å². The maximum atomic E-state index is 11.7. The lowest BCUT2D eigenvalue weighted by molar-refractivity contribution is -0.141. The molecule has 1 rings (SSSR count). The average Bonchev–Trinajstić information content (AvgIpc) is 2.44. The van der Waals surface area contributed by atoms with Crippen LogP contribution >= 0.6 is 0 Å². The number of carbonyl (C=O) groups is 3. The summed E-state index contributed by atoms with van der Waals surface area (Å²) in [6, 6.07) is 5.26. The highest BCUT2D eigenvalue weighted by Crippen LogP contribution is 2.14. The van der Waals surface area contributed by atoms with Gasteiger partial charge in [-0.3, -0.25) is 14.4 Å². The highest BCUT2D eigenvalue weighted by molar-refractivity contribution is 7.90. The molecule has 8 nitrogen and oxygen atoms in total. The maximum absolute atomic E-state index is 11.7. The molecular weight excluding hydrogens is 312 g/mol. The summed E-state index contributed by atoms with van der Waals surface area (Å²) in [4.78, 5) is 33.2. The zero-order valence-corrected chi connectivity index (χ0v) is 12.9. The molecule has 120 valence electrons. The van der Waals surface area contributed by atoms with Crippen LogP contribution in [0.3, 0.4) is 0 Å². The Balaban J connectivity index is 2.67. The molecule has 0 atom stereocenters. The van der Waals surface area contributed by atoms with Gasteiger partial charge in [-0.2, -0.15) is 0 Å². The third-order valence-corrected chi connectivity index (χ3v) is 3.96. The molecule has 0 spiro atoms. The summed E-state index contributed by atoms with van der Waals surface area (Å²) in [7, 11) is -2.67. The number of carbonyl (C=O) groups excluding carboxylic acids is 3. The van der Waals surface area contributed by atoms with Crippen molar-refractivity contribution < 1.29 is 27.5 Å². The van der Waals surface area contributed by atoms with E-state index in [-0.39, 0.29) is 17.7 Å². The van der Waals surface area contributed by atoms with Crippen molar-refractivity contribution in [1.82, 2.24) is 4.72 Å². The molecule has 0 saturated carbocycles. The van der Waals surface area contributed by atoms with Crippen LogP contribution in [-0.2, 0) is 29.1 Å². The van der Waals surface area contributed by atoms with Gasteiger partial charge < -0.3 is 10.1 Å². The van der Waals surface area contributed by atoms with Crippen LogP contribution in [0, 0.1) is 0 Å². The first kappa shape index (κ1) is 17.6. The Morgan fingerprint density at radius 3 is 2.18 bits per heavy atom. The van der Waals surface area contributed by atoms with Crippen molar-refractivity contribution in [2.24, 2.45) is 0 Å². The van der Waals surface area contributed by atoms with Gasteiger partial charge in [0.1, 0.15) is 0 Å². The largest absolute Gasteiger partial charge is 0.469 e. The summed E-state index contributed by atoms with van der Waals surface area (Å²) in [5, 5.41) is 2.51. The van der Waals surface area contributed by atoms with Crippen molar-refractivity contribution in [2.45, 2.75) is 24.7 Å². The van der Waals surface area contributed by atoms with Crippen LogP contribution in [0.2, 0.25) is 0 Å². The summed E-state index contributed by atoms with van der Waals surface area (Å²) in [5.74, 6) is -1.59. The van der Waals surface area contributed by atoms with Crippen LogP contribution in [0.5, 0.6) is 0 Å². The van der Waals surface area contributed by atoms with Gasteiger partial charge >= 0.3 is 5.97 Å². The van der Waals surface area contributed by atoms with E-state index < -0.39 is 27.8 Å². The third-order valence-electron chi connectivity index (χ3n) is 2.51. The Labute approximate surface area is 127 Å². The molecule has 22 heavy (non-hydrogen) atoms. The van der Waals surface area contributed by atoms with Gasteiger partial charge in [0.2, 0.25) is 11.8 Å².